The normalized spacial score (nSPS) is 31.9. The highest BCUT2D eigenvalue weighted by atomic mass is 35.5. The quantitative estimate of drug-likeness (QED) is 0.877. The second kappa shape index (κ2) is 6.29. The molecule has 1 aromatic rings. The van der Waals surface area contributed by atoms with Gasteiger partial charge in [0.15, 0.2) is 5.17 Å². The smallest absolute Gasteiger partial charge is 0.157 e. The van der Waals surface area contributed by atoms with Gasteiger partial charge in [-0.05, 0) is 30.9 Å². The first-order valence-corrected chi connectivity index (χ1v) is 9.53. The fourth-order valence-corrected chi connectivity index (χ4v) is 5.54. The maximum Gasteiger partial charge on any atom is 0.157 e. The zero-order chi connectivity index (χ0) is 14.0. The van der Waals surface area contributed by atoms with Crippen LogP contribution in [0.3, 0.4) is 0 Å². The van der Waals surface area contributed by atoms with Gasteiger partial charge in [-0.2, -0.15) is 0 Å². The first-order valence-electron chi connectivity index (χ1n) is 7.35. The van der Waals surface area contributed by atoms with E-state index in [0.29, 0.717) is 5.54 Å². The molecule has 1 aromatic heterocycles. The zero-order valence-electron chi connectivity index (χ0n) is 11.8. The Bertz CT molecular complexity index is 500. The Morgan fingerprint density at radius 3 is 3.15 bits per heavy atom. The second-order valence-electron chi connectivity index (χ2n) is 6.04. The minimum Gasteiger partial charge on any atom is -0.359 e. The molecular formula is C15H21ClN2S2. The van der Waals surface area contributed by atoms with Crippen molar-refractivity contribution in [2.45, 2.75) is 44.6 Å². The van der Waals surface area contributed by atoms with Crippen LogP contribution in [0.4, 0.5) is 0 Å². The lowest BCUT2D eigenvalue weighted by atomic mass is 9.78. The van der Waals surface area contributed by atoms with Crippen molar-refractivity contribution >= 4 is 39.9 Å². The Balaban J connectivity index is 1.52. The van der Waals surface area contributed by atoms with E-state index in [1.807, 2.05) is 17.8 Å². The van der Waals surface area contributed by atoms with E-state index in [0.717, 1.165) is 28.4 Å². The number of amidine groups is 1. The summed E-state index contributed by atoms with van der Waals surface area (Å²) in [6.07, 6.45) is 6.35. The summed E-state index contributed by atoms with van der Waals surface area (Å²) < 4.78 is 0.871. The van der Waals surface area contributed by atoms with Crippen molar-refractivity contribution in [1.29, 1.82) is 0 Å². The molecule has 1 aliphatic heterocycles. The number of thioether (sulfide) groups is 1. The highest BCUT2D eigenvalue weighted by Crippen LogP contribution is 2.38. The van der Waals surface area contributed by atoms with Crippen LogP contribution in [0.15, 0.2) is 17.1 Å². The van der Waals surface area contributed by atoms with Gasteiger partial charge in [0.2, 0.25) is 0 Å². The van der Waals surface area contributed by atoms with Crippen molar-refractivity contribution in [3.05, 3.63) is 21.3 Å². The fraction of sp³-hybridized carbons (Fsp3) is 0.667. The molecule has 0 aromatic carbocycles. The molecule has 2 heterocycles. The van der Waals surface area contributed by atoms with Crippen molar-refractivity contribution < 1.29 is 0 Å². The number of nitrogens with zero attached hydrogens (tertiary/aromatic N) is 1. The second-order valence-corrected chi connectivity index (χ2v) is 8.80. The highest BCUT2D eigenvalue weighted by Gasteiger charge is 2.40. The van der Waals surface area contributed by atoms with Gasteiger partial charge in [0, 0.05) is 29.1 Å². The third-order valence-electron chi connectivity index (χ3n) is 4.19. The molecule has 1 saturated carbocycles. The molecule has 2 atom stereocenters. The molecule has 2 aliphatic rings. The minimum atomic E-state index is 0.341. The van der Waals surface area contributed by atoms with Crippen molar-refractivity contribution in [2.24, 2.45) is 10.9 Å². The van der Waals surface area contributed by atoms with Gasteiger partial charge in [0.25, 0.3) is 0 Å². The summed E-state index contributed by atoms with van der Waals surface area (Å²) in [6, 6.07) is 4.07. The maximum atomic E-state index is 5.94. The van der Waals surface area contributed by atoms with Crippen molar-refractivity contribution in [3.63, 3.8) is 0 Å². The van der Waals surface area contributed by atoms with E-state index < -0.39 is 0 Å². The molecular weight excluding hydrogens is 308 g/mol. The number of halogens is 1. The van der Waals surface area contributed by atoms with E-state index in [1.54, 1.807) is 11.3 Å². The lowest BCUT2D eigenvalue weighted by Crippen LogP contribution is -2.47. The minimum absolute atomic E-state index is 0.341. The third kappa shape index (κ3) is 3.52. The standard InChI is InChI=1S/C15H21ClN2S2/c1-11-3-2-7-15(9-11)10-19-14(18-15)17-8-6-12-4-5-13(16)20-12/h4-5,11H,2-3,6-10H2,1H3,(H,17,18). The van der Waals surface area contributed by atoms with Gasteiger partial charge in [0.05, 0.1) is 4.34 Å². The topological polar surface area (TPSA) is 24.4 Å². The van der Waals surface area contributed by atoms with Gasteiger partial charge in [0.1, 0.15) is 0 Å². The molecule has 2 fully saturated rings. The Labute approximate surface area is 134 Å². The average molecular weight is 329 g/mol. The predicted molar refractivity (Wildman–Crippen MR) is 91.3 cm³/mol. The largest absolute Gasteiger partial charge is 0.359 e. The molecule has 2 unspecified atom stereocenters. The van der Waals surface area contributed by atoms with Crippen LogP contribution in [0, 0.1) is 5.92 Å². The molecule has 1 spiro atoms. The van der Waals surface area contributed by atoms with Crippen LogP contribution in [0.1, 0.15) is 37.5 Å². The molecule has 20 heavy (non-hydrogen) atoms. The molecule has 2 nitrogen and oxygen atoms in total. The van der Waals surface area contributed by atoms with Crippen molar-refractivity contribution in [3.8, 4) is 0 Å². The Kier molecular flexibility index (Phi) is 4.63. The van der Waals surface area contributed by atoms with Gasteiger partial charge < -0.3 is 5.32 Å². The number of thiophene rings is 1. The summed E-state index contributed by atoms with van der Waals surface area (Å²) in [6.45, 7) is 3.24. The van der Waals surface area contributed by atoms with Gasteiger partial charge in [-0.1, -0.05) is 43.1 Å². The number of aliphatic imine (C=N–C) groups is 1. The number of rotatable bonds is 3. The van der Waals surface area contributed by atoms with E-state index in [9.17, 15) is 0 Å². The Morgan fingerprint density at radius 2 is 2.40 bits per heavy atom. The lowest BCUT2D eigenvalue weighted by molar-refractivity contribution is 0.242. The Morgan fingerprint density at radius 1 is 1.50 bits per heavy atom. The molecule has 1 saturated heterocycles. The summed E-state index contributed by atoms with van der Waals surface area (Å²) in [5.74, 6) is 2.05. The van der Waals surface area contributed by atoms with E-state index >= 15 is 0 Å². The first kappa shape index (κ1) is 14.7. The number of hydrogen-bond acceptors (Lipinski definition) is 3. The van der Waals surface area contributed by atoms with Crippen molar-refractivity contribution in [2.75, 3.05) is 12.3 Å². The zero-order valence-corrected chi connectivity index (χ0v) is 14.2. The summed E-state index contributed by atoms with van der Waals surface area (Å²) in [7, 11) is 0. The molecule has 3 rings (SSSR count). The highest BCUT2D eigenvalue weighted by molar-refractivity contribution is 8.14. The van der Waals surface area contributed by atoms with Crippen LogP contribution in [-0.2, 0) is 6.42 Å². The summed E-state index contributed by atoms with van der Waals surface area (Å²) in [4.78, 5) is 6.06. The van der Waals surface area contributed by atoms with E-state index in [2.05, 4.69) is 18.3 Å². The van der Waals surface area contributed by atoms with Crippen LogP contribution in [0.5, 0.6) is 0 Å². The van der Waals surface area contributed by atoms with Crippen LogP contribution in [0.2, 0.25) is 4.34 Å². The summed E-state index contributed by atoms with van der Waals surface area (Å²) in [5, 5.41) is 4.87. The SMILES string of the molecule is CC1CCCC2(CSC(=NCCc3ccc(Cl)s3)N2)C1. The molecule has 0 bridgehead atoms. The van der Waals surface area contributed by atoms with Crippen LogP contribution >= 0.6 is 34.7 Å². The molecule has 1 N–H and O–H groups in total. The average Bonchev–Trinajstić information content (AvgIpc) is 2.97. The summed E-state index contributed by atoms with van der Waals surface area (Å²) in [5.41, 5.74) is 0.341. The molecule has 5 heteroatoms. The Hall–Kier alpha value is -0.190. The maximum absolute atomic E-state index is 5.94. The van der Waals surface area contributed by atoms with Crippen molar-refractivity contribution in [1.82, 2.24) is 5.32 Å². The van der Waals surface area contributed by atoms with E-state index in [-0.39, 0.29) is 0 Å². The first-order chi connectivity index (χ1) is 9.65. The van der Waals surface area contributed by atoms with Gasteiger partial charge >= 0.3 is 0 Å². The molecule has 0 amide bonds. The predicted octanol–water partition coefficient (Wildman–Crippen LogP) is 4.59. The van der Waals surface area contributed by atoms with Crippen LogP contribution in [-0.4, -0.2) is 23.0 Å². The fourth-order valence-electron chi connectivity index (χ4n) is 3.25. The van der Waals surface area contributed by atoms with Crippen LogP contribution in [0.25, 0.3) is 0 Å². The third-order valence-corrected chi connectivity index (χ3v) is 6.68. The van der Waals surface area contributed by atoms with Gasteiger partial charge in [-0.15, -0.1) is 11.3 Å². The number of nitrogens with one attached hydrogen (secondary N) is 1. The molecule has 1 aliphatic carbocycles. The lowest BCUT2D eigenvalue weighted by Gasteiger charge is -2.36. The van der Waals surface area contributed by atoms with Crippen LogP contribution < -0.4 is 5.32 Å². The molecule has 110 valence electrons. The number of hydrogen-bond donors (Lipinski definition) is 1. The van der Waals surface area contributed by atoms with Gasteiger partial charge in [-0.3, -0.25) is 4.99 Å². The molecule has 0 radical (unpaired) electrons. The monoisotopic (exact) mass is 328 g/mol. The summed E-state index contributed by atoms with van der Waals surface area (Å²) >= 11 is 9.51. The van der Waals surface area contributed by atoms with Gasteiger partial charge in [-0.25, -0.2) is 0 Å². The van der Waals surface area contributed by atoms with E-state index in [1.165, 1.54) is 36.3 Å². The van der Waals surface area contributed by atoms with E-state index in [4.69, 9.17) is 16.6 Å².